The van der Waals surface area contributed by atoms with E-state index in [4.69, 9.17) is 19.4 Å². The van der Waals surface area contributed by atoms with E-state index in [1.807, 2.05) is 97.1 Å². The highest BCUT2D eigenvalue weighted by atomic mass is 16.3. The summed E-state index contributed by atoms with van der Waals surface area (Å²) in [6.07, 6.45) is 0. The van der Waals surface area contributed by atoms with Gasteiger partial charge in [0.05, 0.1) is 11.6 Å². The zero-order valence-electron chi connectivity index (χ0n) is 31.7. The van der Waals surface area contributed by atoms with Gasteiger partial charge in [-0.05, 0) is 85.9 Å². The number of furan rings is 1. The largest absolute Gasteiger partial charge is 0.455 e. The molecular weight excluding hydrogens is 721 g/mol. The van der Waals surface area contributed by atoms with Crippen LogP contribution in [-0.4, -0.2) is 15.0 Å². The smallest absolute Gasteiger partial charge is 0.164 e. The lowest BCUT2D eigenvalue weighted by atomic mass is 9.91. The van der Waals surface area contributed by atoms with Gasteiger partial charge in [-0.1, -0.05) is 158 Å². The number of aromatic nitrogens is 3. The summed E-state index contributed by atoms with van der Waals surface area (Å²) in [6.45, 7) is 0. The van der Waals surface area contributed by atoms with E-state index in [-0.39, 0.29) is 0 Å². The van der Waals surface area contributed by atoms with Crippen LogP contribution >= 0.6 is 0 Å². The van der Waals surface area contributed by atoms with E-state index in [2.05, 4.69) is 103 Å². The van der Waals surface area contributed by atoms with E-state index < -0.39 is 0 Å². The molecule has 0 amide bonds. The van der Waals surface area contributed by atoms with Crippen LogP contribution in [0.2, 0.25) is 0 Å². The molecule has 2 heterocycles. The molecule has 5 heteroatoms. The number of nitriles is 1. The predicted octanol–water partition coefficient (Wildman–Crippen LogP) is 14.0. The van der Waals surface area contributed by atoms with Crippen molar-refractivity contribution in [2.24, 2.45) is 0 Å². The van der Waals surface area contributed by atoms with Gasteiger partial charge in [0.1, 0.15) is 11.2 Å². The molecule has 0 aliphatic rings. The highest BCUT2D eigenvalue weighted by Gasteiger charge is 2.18. The molecule has 0 saturated carbocycles. The van der Waals surface area contributed by atoms with Gasteiger partial charge in [-0.15, -0.1) is 0 Å². The number of hydrogen-bond acceptors (Lipinski definition) is 5. The highest BCUT2D eigenvalue weighted by Crippen LogP contribution is 2.44. The highest BCUT2D eigenvalue weighted by molar-refractivity contribution is 6.30. The quantitative estimate of drug-likeness (QED) is 0.158. The third-order valence-electron chi connectivity index (χ3n) is 11.1. The summed E-state index contributed by atoms with van der Waals surface area (Å²) in [5, 5.41) is 16.4. The van der Waals surface area contributed by atoms with E-state index in [0.29, 0.717) is 23.0 Å². The molecule has 0 atom stereocenters. The molecule has 0 spiro atoms. The van der Waals surface area contributed by atoms with E-state index in [1.54, 1.807) is 0 Å². The molecule has 5 nitrogen and oxygen atoms in total. The van der Waals surface area contributed by atoms with Gasteiger partial charge in [-0.3, -0.25) is 0 Å². The van der Waals surface area contributed by atoms with Crippen molar-refractivity contribution < 1.29 is 4.42 Å². The predicted molar refractivity (Wildman–Crippen MR) is 239 cm³/mol. The van der Waals surface area contributed by atoms with E-state index in [0.717, 1.165) is 93.6 Å². The fraction of sp³-hybridized carbons (Fsp3) is 0. The van der Waals surface area contributed by atoms with Crippen LogP contribution in [0.25, 0.3) is 111 Å². The van der Waals surface area contributed by atoms with Crippen molar-refractivity contribution in [3.05, 3.63) is 200 Å². The van der Waals surface area contributed by atoms with Gasteiger partial charge in [0, 0.05) is 32.8 Å². The maximum atomic E-state index is 9.89. The van der Waals surface area contributed by atoms with Crippen LogP contribution in [0, 0.1) is 11.3 Å². The van der Waals surface area contributed by atoms with Crippen LogP contribution in [0.15, 0.2) is 199 Å². The van der Waals surface area contributed by atoms with E-state index >= 15 is 0 Å². The molecule has 0 N–H and O–H groups in total. The fourth-order valence-electron chi connectivity index (χ4n) is 8.29. The van der Waals surface area contributed by atoms with Crippen molar-refractivity contribution >= 4 is 43.5 Å². The Morgan fingerprint density at radius 3 is 1.53 bits per heavy atom. The summed E-state index contributed by atoms with van der Waals surface area (Å²) < 4.78 is 6.71. The summed E-state index contributed by atoms with van der Waals surface area (Å²) in [4.78, 5) is 14.8. The number of benzene rings is 9. The Labute approximate surface area is 340 Å². The summed E-state index contributed by atoms with van der Waals surface area (Å²) in [7, 11) is 0. The van der Waals surface area contributed by atoms with Crippen LogP contribution in [0.3, 0.4) is 0 Å². The normalized spacial score (nSPS) is 11.4. The maximum Gasteiger partial charge on any atom is 0.164 e. The van der Waals surface area contributed by atoms with Gasteiger partial charge >= 0.3 is 0 Å². The lowest BCUT2D eigenvalue weighted by Crippen LogP contribution is -2.00. The number of fused-ring (bicyclic) bond motifs is 8. The van der Waals surface area contributed by atoms with Crippen molar-refractivity contribution in [1.29, 1.82) is 5.26 Å². The molecule has 11 aromatic rings. The summed E-state index contributed by atoms with van der Waals surface area (Å²) in [5.74, 6) is 1.89. The van der Waals surface area contributed by atoms with Crippen molar-refractivity contribution in [3.63, 3.8) is 0 Å². The minimum absolute atomic E-state index is 0.619. The number of hydrogen-bond donors (Lipinski definition) is 0. The first-order valence-corrected chi connectivity index (χ1v) is 19.6. The minimum Gasteiger partial charge on any atom is -0.455 e. The molecule has 0 saturated heterocycles. The molecule has 0 unspecified atom stereocenters. The Balaban J connectivity index is 1.02. The van der Waals surface area contributed by atoms with Crippen LogP contribution in [-0.2, 0) is 0 Å². The van der Waals surface area contributed by atoms with Gasteiger partial charge in [0.2, 0.25) is 0 Å². The lowest BCUT2D eigenvalue weighted by molar-refractivity contribution is 0.673. The van der Waals surface area contributed by atoms with Gasteiger partial charge in [-0.25, -0.2) is 15.0 Å². The summed E-state index contributed by atoms with van der Waals surface area (Å²) in [6, 6.07) is 68.8. The number of nitrogens with zero attached hydrogens (tertiary/aromatic N) is 4. The first-order chi connectivity index (χ1) is 29.2. The second-order valence-electron chi connectivity index (χ2n) is 14.7. The zero-order chi connectivity index (χ0) is 39.3. The molecule has 9 aromatic carbocycles. The molecule has 0 radical (unpaired) electrons. The molecule has 11 rings (SSSR count). The van der Waals surface area contributed by atoms with Gasteiger partial charge in [-0.2, -0.15) is 5.26 Å². The van der Waals surface area contributed by atoms with Crippen molar-refractivity contribution in [2.75, 3.05) is 0 Å². The van der Waals surface area contributed by atoms with Crippen LogP contribution in [0.5, 0.6) is 0 Å². The average molecular weight is 753 g/mol. The molecular formula is C54H32N4O. The van der Waals surface area contributed by atoms with Crippen molar-refractivity contribution in [3.8, 4) is 73.6 Å². The van der Waals surface area contributed by atoms with E-state index in [9.17, 15) is 5.26 Å². The minimum atomic E-state index is 0.619. The van der Waals surface area contributed by atoms with Crippen molar-refractivity contribution in [1.82, 2.24) is 15.0 Å². The topological polar surface area (TPSA) is 75.6 Å². The second-order valence-corrected chi connectivity index (χ2v) is 14.7. The number of para-hydroxylation sites is 1. The Bertz CT molecular complexity index is 3400. The Morgan fingerprint density at radius 2 is 0.847 bits per heavy atom. The summed E-state index contributed by atoms with van der Waals surface area (Å²) in [5.41, 5.74) is 11.4. The third-order valence-corrected chi connectivity index (χ3v) is 11.1. The standard InChI is InChI=1S/C54H32N4O/c55-33-42-17-7-8-22-43(42)40-26-28-44-45-27-25-39(31-48(45)51-50(47(44)32-40)46-23-9-10-24-49(46)59-51)37-19-11-18-36(29-37)38-20-12-21-41(30-38)54-57-52(34-13-3-1-4-14-34)56-53(58-54)35-15-5-2-6-16-35/h1-32H. The third kappa shape index (κ3) is 5.99. The Kier molecular flexibility index (Phi) is 8.13. The SMILES string of the molecule is N#Cc1ccccc1-c1ccc2c3ccc(-c4cccc(-c5cccc(-c6nc(-c7ccccc7)nc(-c7ccccc7)n6)c5)c4)cc3c3oc4ccccc4c3c2c1. The molecule has 59 heavy (non-hydrogen) atoms. The summed E-state index contributed by atoms with van der Waals surface area (Å²) >= 11 is 0. The van der Waals surface area contributed by atoms with Crippen molar-refractivity contribution in [2.45, 2.75) is 0 Å². The first kappa shape index (κ1) is 34.1. The monoisotopic (exact) mass is 752 g/mol. The molecule has 0 aliphatic carbocycles. The fourth-order valence-corrected chi connectivity index (χ4v) is 8.29. The maximum absolute atomic E-state index is 9.89. The van der Waals surface area contributed by atoms with Gasteiger partial charge in [0.25, 0.3) is 0 Å². The van der Waals surface area contributed by atoms with Crippen LogP contribution in [0.4, 0.5) is 0 Å². The van der Waals surface area contributed by atoms with Gasteiger partial charge < -0.3 is 4.42 Å². The molecule has 274 valence electrons. The first-order valence-electron chi connectivity index (χ1n) is 19.6. The number of rotatable bonds is 6. The molecule has 0 aliphatic heterocycles. The zero-order valence-corrected chi connectivity index (χ0v) is 31.7. The lowest BCUT2D eigenvalue weighted by Gasteiger charge is -2.12. The second kappa shape index (κ2) is 14.1. The van der Waals surface area contributed by atoms with Crippen LogP contribution in [0.1, 0.15) is 5.56 Å². The Morgan fingerprint density at radius 1 is 0.356 bits per heavy atom. The van der Waals surface area contributed by atoms with E-state index in [1.165, 1.54) is 0 Å². The van der Waals surface area contributed by atoms with Gasteiger partial charge in [0.15, 0.2) is 17.5 Å². The average Bonchev–Trinajstić information content (AvgIpc) is 3.72. The molecule has 0 bridgehead atoms. The Hall–Kier alpha value is -8.20. The van der Waals surface area contributed by atoms with Crippen LogP contribution < -0.4 is 0 Å². The molecule has 2 aromatic heterocycles. The molecule has 0 fully saturated rings.